The van der Waals surface area contributed by atoms with Gasteiger partial charge in [0.15, 0.2) is 5.75 Å². The van der Waals surface area contributed by atoms with Crippen molar-refractivity contribution in [2.75, 3.05) is 0 Å². The summed E-state index contributed by atoms with van der Waals surface area (Å²) in [5.41, 5.74) is 13.2. The summed E-state index contributed by atoms with van der Waals surface area (Å²) in [5.74, 6) is 0.569. The SMILES string of the molecule is Cc1cnn(Cc2ccc(Cn3c(C)cc(OC(=O)NCc4ccc(CN)cc4)c3C)cc2)c1. The summed E-state index contributed by atoms with van der Waals surface area (Å²) in [6.45, 7) is 8.38. The number of aromatic nitrogens is 3. The summed E-state index contributed by atoms with van der Waals surface area (Å²) in [6, 6.07) is 18.3. The van der Waals surface area contributed by atoms with Gasteiger partial charge in [-0.3, -0.25) is 4.68 Å². The number of nitrogens with two attached hydrogens (primary N) is 1. The van der Waals surface area contributed by atoms with Gasteiger partial charge in [-0.2, -0.15) is 5.10 Å². The maximum Gasteiger partial charge on any atom is 0.412 e. The number of aryl methyl sites for hydroxylation is 2. The fourth-order valence-corrected chi connectivity index (χ4v) is 3.89. The Bertz CT molecular complexity index is 1250. The predicted molar refractivity (Wildman–Crippen MR) is 133 cm³/mol. The molecule has 4 aromatic rings. The summed E-state index contributed by atoms with van der Waals surface area (Å²) < 4.78 is 9.69. The van der Waals surface area contributed by atoms with Gasteiger partial charge in [0, 0.05) is 37.6 Å². The van der Waals surface area contributed by atoms with Gasteiger partial charge in [-0.1, -0.05) is 48.5 Å². The van der Waals surface area contributed by atoms with Crippen molar-refractivity contribution in [3.05, 3.63) is 106 Å². The fourth-order valence-electron chi connectivity index (χ4n) is 3.89. The molecule has 7 heteroatoms. The Morgan fingerprint density at radius 1 is 0.941 bits per heavy atom. The Labute approximate surface area is 200 Å². The van der Waals surface area contributed by atoms with Crippen LogP contribution < -0.4 is 15.8 Å². The van der Waals surface area contributed by atoms with Gasteiger partial charge >= 0.3 is 6.09 Å². The number of nitrogens with one attached hydrogen (secondary N) is 1. The number of carbonyl (C=O) groups excluding carboxylic acids is 1. The molecule has 1 amide bonds. The first-order chi connectivity index (χ1) is 16.4. The third-order valence-electron chi connectivity index (χ3n) is 5.90. The van der Waals surface area contributed by atoms with Crippen molar-refractivity contribution in [1.82, 2.24) is 19.7 Å². The summed E-state index contributed by atoms with van der Waals surface area (Å²) in [7, 11) is 0. The van der Waals surface area contributed by atoms with Crippen molar-refractivity contribution >= 4 is 6.09 Å². The van der Waals surface area contributed by atoms with Crippen molar-refractivity contribution in [2.24, 2.45) is 5.73 Å². The van der Waals surface area contributed by atoms with E-state index < -0.39 is 6.09 Å². The number of nitrogens with zero attached hydrogens (tertiary/aromatic N) is 3. The Kier molecular flexibility index (Phi) is 7.13. The van der Waals surface area contributed by atoms with E-state index in [1.807, 2.05) is 68.2 Å². The maximum atomic E-state index is 12.4. The van der Waals surface area contributed by atoms with Gasteiger partial charge < -0.3 is 20.4 Å². The first-order valence-corrected chi connectivity index (χ1v) is 11.4. The largest absolute Gasteiger partial charge is 0.412 e. The van der Waals surface area contributed by atoms with E-state index in [1.54, 1.807) is 0 Å². The average Bonchev–Trinajstić information content (AvgIpc) is 3.36. The molecule has 2 heterocycles. The third kappa shape index (κ3) is 5.74. The summed E-state index contributed by atoms with van der Waals surface area (Å²) >= 11 is 0. The molecule has 0 atom stereocenters. The Balaban J connectivity index is 1.35. The van der Waals surface area contributed by atoms with Crippen LogP contribution in [0, 0.1) is 20.8 Å². The molecular weight excluding hydrogens is 426 g/mol. The lowest BCUT2D eigenvalue weighted by molar-refractivity contribution is 0.199. The zero-order chi connectivity index (χ0) is 24.1. The fraction of sp³-hybridized carbons (Fsp3) is 0.259. The summed E-state index contributed by atoms with van der Waals surface area (Å²) in [4.78, 5) is 12.4. The van der Waals surface area contributed by atoms with Crippen molar-refractivity contribution in [3.8, 4) is 5.75 Å². The monoisotopic (exact) mass is 457 g/mol. The molecule has 0 aliphatic heterocycles. The first kappa shape index (κ1) is 23.3. The van der Waals surface area contributed by atoms with Gasteiger partial charge in [0.25, 0.3) is 0 Å². The molecule has 0 aliphatic carbocycles. The second kappa shape index (κ2) is 10.4. The highest BCUT2D eigenvalue weighted by Crippen LogP contribution is 2.24. The summed E-state index contributed by atoms with van der Waals surface area (Å²) in [5, 5.41) is 7.16. The first-order valence-electron chi connectivity index (χ1n) is 11.4. The number of benzene rings is 2. The number of amides is 1. The normalized spacial score (nSPS) is 10.9. The third-order valence-corrected chi connectivity index (χ3v) is 5.90. The Hall–Kier alpha value is -3.84. The van der Waals surface area contributed by atoms with Crippen LogP contribution in [0.4, 0.5) is 4.79 Å². The van der Waals surface area contributed by atoms with E-state index in [1.165, 1.54) is 11.1 Å². The lowest BCUT2D eigenvalue weighted by atomic mass is 10.1. The number of rotatable bonds is 8. The Morgan fingerprint density at radius 3 is 2.18 bits per heavy atom. The molecule has 3 N–H and O–H groups in total. The lowest BCUT2D eigenvalue weighted by Crippen LogP contribution is -2.26. The van der Waals surface area contributed by atoms with Gasteiger partial charge in [0.1, 0.15) is 0 Å². The Morgan fingerprint density at radius 2 is 1.56 bits per heavy atom. The standard InChI is InChI=1S/C27H31N5O2/c1-19-14-30-31(16-19)17-24-8-10-25(11-9-24)18-32-20(2)12-26(21(32)3)34-27(33)29-15-23-6-4-22(13-28)5-7-23/h4-12,14,16H,13,15,17-18,28H2,1-3H3,(H,29,33). The zero-order valence-electron chi connectivity index (χ0n) is 19.9. The van der Waals surface area contributed by atoms with Crippen LogP contribution in [0.5, 0.6) is 5.75 Å². The smallest absolute Gasteiger partial charge is 0.408 e. The van der Waals surface area contributed by atoms with E-state index in [-0.39, 0.29) is 0 Å². The van der Waals surface area contributed by atoms with E-state index in [2.05, 4.69) is 39.2 Å². The van der Waals surface area contributed by atoms with Crippen LogP contribution in [0.15, 0.2) is 67.0 Å². The van der Waals surface area contributed by atoms with Crippen molar-refractivity contribution in [2.45, 2.75) is 47.0 Å². The molecule has 176 valence electrons. The molecule has 0 bridgehead atoms. The molecule has 2 aromatic carbocycles. The highest BCUT2D eigenvalue weighted by molar-refractivity contribution is 5.70. The minimum atomic E-state index is -0.471. The molecule has 0 spiro atoms. The number of carbonyl (C=O) groups is 1. The molecule has 0 unspecified atom stereocenters. The second-order valence-electron chi connectivity index (χ2n) is 8.62. The summed E-state index contributed by atoms with van der Waals surface area (Å²) in [6.07, 6.45) is 3.43. The molecular formula is C27H31N5O2. The minimum absolute atomic E-state index is 0.396. The molecule has 2 aromatic heterocycles. The van der Waals surface area contributed by atoms with Crippen LogP contribution in [-0.2, 0) is 26.2 Å². The lowest BCUT2D eigenvalue weighted by Gasteiger charge is -2.11. The van der Waals surface area contributed by atoms with Gasteiger partial charge in [0.05, 0.1) is 18.4 Å². The molecule has 4 rings (SSSR count). The van der Waals surface area contributed by atoms with E-state index >= 15 is 0 Å². The molecule has 0 fully saturated rings. The van der Waals surface area contributed by atoms with Crippen molar-refractivity contribution in [1.29, 1.82) is 0 Å². The highest BCUT2D eigenvalue weighted by Gasteiger charge is 2.14. The van der Waals surface area contributed by atoms with Crippen LogP contribution in [0.3, 0.4) is 0 Å². The second-order valence-corrected chi connectivity index (χ2v) is 8.62. The van der Waals surface area contributed by atoms with Gasteiger partial charge in [0.2, 0.25) is 0 Å². The molecule has 0 saturated carbocycles. The van der Waals surface area contributed by atoms with E-state index in [4.69, 9.17) is 10.5 Å². The number of hydrogen-bond acceptors (Lipinski definition) is 4. The van der Waals surface area contributed by atoms with Gasteiger partial charge in [-0.05, 0) is 48.6 Å². The van der Waals surface area contributed by atoms with E-state index in [0.29, 0.717) is 25.4 Å². The molecule has 34 heavy (non-hydrogen) atoms. The molecule has 0 saturated heterocycles. The van der Waals surface area contributed by atoms with E-state index in [0.717, 1.165) is 34.6 Å². The molecule has 0 aliphatic rings. The van der Waals surface area contributed by atoms with Crippen molar-refractivity contribution < 1.29 is 9.53 Å². The van der Waals surface area contributed by atoms with Crippen LogP contribution in [0.25, 0.3) is 0 Å². The quantitative estimate of drug-likeness (QED) is 0.409. The predicted octanol–water partition coefficient (Wildman–Crippen LogP) is 4.45. The van der Waals surface area contributed by atoms with Crippen LogP contribution in [-0.4, -0.2) is 20.4 Å². The van der Waals surface area contributed by atoms with Gasteiger partial charge in [-0.15, -0.1) is 0 Å². The molecule has 7 nitrogen and oxygen atoms in total. The van der Waals surface area contributed by atoms with Gasteiger partial charge in [-0.25, -0.2) is 4.79 Å². The average molecular weight is 458 g/mol. The zero-order valence-corrected chi connectivity index (χ0v) is 19.9. The van der Waals surface area contributed by atoms with Crippen LogP contribution >= 0.6 is 0 Å². The van der Waals surface area contributed by atoms with E-state index in [9.17, 15) is 4.79 Å². The number of hydrogen-bond donors (Lipinski definition) is 2. The topological polar surface area (TPSA) is 87.1 Å². The van der Waals surface area contributed by atoms with Crippen molar-refractivity contribution in [3.63, 3.8) is 0 Å². The van der Waals surface area contributed by atoms with Crippen LogP contribution in [0.2, 0.25) is 0 Å². The minimum Gasteiger partial charge on any atom is -0.408 e. The highest BCUT2D eigenvalue weighted by atomic mass is 16.6. The van der Waals surface area contributed by atoms with Crippen LogP contribution in [0.1, 0.15) is 39.2 Å². The molecule has 0 radical (unpaired) electrons. The maximum absolute atomic E-state index is 12.4. The number of ether oxygens (including phenoxy) is 1.